The molecule has 2 amide bonds. The number of aliphatic hydroxyl groups excluding tert-OH is 3. The van der Waals surface area contributed by atoms with Gasteiger partial charge in [-0.25, -0.2) is 4.79 Å². The number of methoxy groups -OCH3 is 1. The number of rotatable bonds is 10. The summed E-state index contributed by atoms with van der Waals surface area (Å²) in [7, 11) is 1.32. The van der Waals surface area contributed by atoms with E-state index in [-0.39, 0.29) is 46.1 Å². The van der Waals surface area contributed by atoms with E-state index in [1.165, 1.54) is 31.4 Å². The third-order valence-electron chi connectivity index (χ3n) is 6.82. The Morgan fingerprint density at radius 3 is 2.57 bits per heavy atom. The van der Waals surface area contributed by atoms with Crippen molar-refractivity contribution in [3.05, 3.63) is 79.2 Å². The van der Waals surface area contributed by atoms with E-state index in [0.717, 1.165) is 6.07 Å². The van der Waals surface area contributed by atoms with Crippen LogP contribution < -0.4 is 20.4 Å². The highest BCUT2D eigenvalue weighted by Gasteiger charge is 2.45. The summed E-state index contributed by atoms with van der Waals surface area (Å²) >= 11 is 1.88. The first-order valence-electron chi connectivity index (χ1n) is 13.2. The lowest BCUT2D eigenvalue weighted by Crippen LogP contribution is -2.57. The predicted octanol–water partition coefficient (Wildman–Crippen LogP) is 2.52. The first-order valence-corrected chi connectivity index (χ1v) is 14.3. The van der Waals surface area contributed by atoms with Crippen molar-refractivity contribution >= 4 is 45.4 Å². The van der Waals surface area contributed by atoms with Gasteiger partial charge in [0.2, 0.25) is 5.91 Å². The zero-order valence-corrected chi connectivity index (χ0v) is 25.3. The normalized spacial score (nSPS) is 18.5. The van der Waals surface area contributed by atoms with Gasteiger partial charge >= 0.3 is 11.8 Å². The Bertz CT molecular complexity index is 1630. The number of carbonyl (C=O) groups excluding carboxylic acids is 2. The second-order valence-electron chi connectivity index (χ2n) is 9.82. The molecule has 44 heavy (non-hydrogen) atoms. The molecule has 11 nitrogen and oxygen atoms in total. The van der Waals surface area contributed by atoms with Gasteiger partial charge < -0.3 is 39.4 Å². The lowest BCUT2D eigenvalue weighted by molar-refractivity contribution is -0.151. The zero-order valence-electron chi connectivity index (χ0n) is 23.1. The van der Waals surface area contributed by atoms with Crippen LogP contribution in [0.4, 0.5) is 13.2 Å². The summed E-state index contributed by atoms with van der Waals surface area (Å²) in [6.07, 6.45) is -7.62. The lowest BCUT2D eigenvalue weighted by atomic mass is 9.87. The number of hydrogen-bond acceptors (Lipinski definition) is 9. The van der Waals surface area contributed by atoms with Crippen molar-refractivity contribution in [3.63, 3.8) is 0 Å². The summed E-state index contributed by atoms with van der Waals surface area (Å²) in [5.41, 5.74) is -1.43. The van der Waals surface area contributed by atoms with Crippen LogP contribution in [0.3, 0.4) is 0 Å². The number of nitrogens with zero attached hydrogens (tertiary/aromatic N) is 1. The molecule has 3 atom stereocenters. The molecule has 236 valence electrons. The lowest BCUT2D eigenvalue weighted by Gasteiger charge is -2.40. The minimum Gasteiger partial charge on any atom is -0.493 e. The summed E-state index contributed by atoms with van der Waals surface area (Å²) in [5, 5.41) is 32.8. The summed E-state index contributed by atoms with van der Waals surface area (Å²) in [4.78, 5) is 39.7. The van der Waals surface area contributed by atoms with Gasteiger partial charge in [0.15, 0.2) is 11.5 Å². The van der Waals surface area contributed by atoms with E-state index >= 15 is 0 Å². The van der Waals surface area contributed by atoms with Crippen LogP contribution in [0.1, 0.15) is 22.3 Å². The van der Waals surface area contributed by atoms with Gasteiger partial charge in [0.05, 0.1) is 29.9 Å². The second-order valence-corrected chi connectivity index (χ2v) is 11.0. The summed E-state index contributed by atoms with van der Waals surface area (Å²) in [5.74, 6) is -1.95. The average molecular weight is 732 g/mol. The number of amides is 2. The van der Waals surface area contributed by atoms with E-state index in [1.54, 1.807) is 18.2 Å². The number of para-hydroxylation sites is 1. The molecule has 0 saturated carbocycles. The van der Waals surface area contributed by atoms with Crippen LogP contribution >= 0.6 is 22.6 Å². The van der Waals surface area contributed by atoms with Gasteiger partial charge in [-0.3, -0.25) is 9.59 Å². The first kappa shape index (κ1) is 33.2. The molecule has 0 aliphatic heterocycles. The van der Waals surface area contributed by atoms with Crippen LogP contribution in [0, 0.1) is 3.57 Å². The van der Waals surface area contributed by atoms with E-state index in [2.05, 4.69) is 5.32 Å². The molecule has 4 N–H and O–H groups in total. The van der Waals surface area contributed by atoms with Gasteiger partial charge in [0.25, 0.3) is 5.91 Å². The Labute approximate surface area is 262 Å². The average Bonchev–Trinajstić information content (AvgIpc) is 2.99. The Morgan fingerprint density at radius 2 is 1.91 bits per heavy atom. The molecule has 3 unspecified atom stereocenters. The molecule has 1 aliphatic carbocycles. The van der Waals surface area contributed by atoms with Crippen LogP contribution in [0.5, 0.6) is 11.5 Å². The smallest absolute Gasteiger partial charge is 0.406 e. The topological polar surface area (TPSA) is 159 Å². The molecular weight excluding hydrogens is 704 g/mol. The maximum absolute atomic E-state index is 13.9. The number of hydrogen-bond donors (Lipinski definition) is 4. The van der Waals surface area contributed by atoms with Crippen molar-refractivity contribution in [1.82, 2.24) is 10.2 Å². The molecule has 0 bridgehead atoms. The fourth-order valence-corrected chi connectivity index (χ4v) is 5.59. The van der Waals surface area contributed by atoms with Gasteiger partial charge in [-0.2, -0.15) is 13.2 Å². The molecule has 0 saturated heterocycles. The van der Waals surface area contributed by atoms with Gasteiger partial charge in [0.1, 0.15) is 29.9 Å². The van der Waals surface area contributed by atoms with Crippen LogP contribution in [-0.4, -0.2) is 83.3 Å². The minimum absolute atomic E-state index is 0.0604. The van der Waals surface area contributed by atoms with Crippen molar-refractivity contribution in [2.24, 2.45) is 0 Å². The Hall–Kier alpha value is -3.67. The fourth-order valence-electron chi connectivity index (χ4n) is 4.79. The second kappa shape index (κ2) is 14.0. The molecule has 1 aliphatic rings. The molecule has 3 aromatic rings. The number of carbonyl (C=O) groups is 2. The summed E-state index contributed by atoms with van der Waals surface area (Å²) in [6.45, 7) is -2.79. The third-order valence-corrected chi connectivity index (χ3v) is 7.62. The Morgan fingerprint density at radius 1 is 1.18 bits per heavy atom. The number of aliphatic hydroxyl groups is 3. The van der Waals surface area contributed by atoms with E-state index < -0.39 is 67.0 Å². The molecule has 4 rings (SSSR count). The Balaban J connectivity index is 1.80. The van der Waals surface area contributed by atoms with Gasteiger partial charge in [0, 0.05) is 23.9 Å². The minimum atomic E-state index is -4.97. The highest BCUT2D eigenvalue weighted by atomic mass is 127. The molecule has 0 spiro atoms. The molecule has 1 heterocycles. The number of nitrogens with one attached hydrogen (secondary N) is 1. The van der Waals surface area contributed by atoms with Gasteiger partial charge in [-0.1, -0.05) is 18.2 Å². The fraction of sp³-hybridized carbons (Fsp3) is 0.345. The molecule has 0 fully saturated rings. The largest absolute Gasteiger partial charge is 0.493 e. The van der Waals surface area contributed by atoms with Crippen LogP contribution in [-0.2, 0) is 11.4 Å². The summed E-state index contributed by atoms with van der Waals surface area (Å²) in [6, 6.07) is 8.54. The number of benzene rings is 2. The van der Waals surface area contributed by atoms with Crippen molar-refractivity contribution in [1.29, 1.82) is 0 Å². The van der Waals surface area contributed by atoms with Crippen LogP contribution in [0.2, 0.25) is 0 Å². The molecule has 2 aromatic carbocycles. The highest BCUT2D eigenvalue weighted by Crippen LogP contribution is 2.37. The molecule has 1 aromatic heterocycles. The number of fused-ring (bicyclic) bond motifs is 1. The highest BCUT2D eigenvalue weighted by molar-refractivity contribution is 14.1. The van der Waals surface area contributed by atoms with Crippen LogP contribution in [0.25, 0.3) is 11.0 Å². The van der Waals surface area contributed by atoms with Crippen molar-refractivity contribution in [2.45, 2.75) is 37.5 Å². The number of alkyl halides is 3. The number of halogens is 4. The Kier molecular flexibility index (Phi) is 10.5. The van der Waals surface area contributed by atoms with Crippen molar-refractivity contribution in [2.75, 3.05) is 26.8 Å². The van der Waals surface area contributed by atoms with Gasteiger partial charge in [-0.05, 0) is 58.5 Å². The predicted molar refractivity (Wildman–Crippen MR) is 158 cm³/mol. The maximum atomic E-state index is 13.9. The standard InChI is InChI=1S/C29H28F3IN2O9/c1-42-23-9-15(13-37)8-19(33)25(23)43-22-12-17(26(39)34-6-7-36)11-20(24(22)38)35(14-29(30,31)32)27(40)18-10-16-4-2-3-5-21(16)44-28(18)41/h2-5,8-10,12,20,22,24,36-38H,6-7,11,13-14H2,1H3,(H,34,39). The summed E-state index contributed by atoms with van der Waals surface area (Å²) < 4.78 is 58.8. The van der Waals surface area contributed by atoms with Gasteiger partial charge in [-0.15, -0.1) is 0 Å². The number of ether oxygens (including phenoxy) is 2. The van der Waals surface area contributed by atoms with E-state index in [0.29, 0.717) is 9.13 Å². The van der Waals surface area contributed by atoms with E-state index in [9.17, 15) is 37.8 Å². The van der Waals surface area contributed by atoms with Crippen molar-refractivity contribution in [3.8, 4) is 11.5 Å². The first-order chi connectivity index (χ1) is 20.9. The molecular formula is C29H28F3IN2O9. The molecule has 15 heteroatoms. The van der Waals surface area contributed by atoms with Crippen molar-refractivity contribution < 1.29 is 52.0 Å². The third kappa shape index (κ3) is 7.51. The monoisotopic (exact) mass is 732 g/mol. The SMILES string of the molecule is COc1cc(CO)cc(I)c1OC1C=C(C(=O)NCCO)CC(N(CC(F)(F)F)C(=O)c2cc3ccccc3oc2=O)C1O. The molecule has 0 radical (unpaired) electrons. The quantitative estimate of drug-likeness (QED) is 0.182. The van der Waals surface area contributed by atoms with E-state index in [1.807, 2.05) is 22.6 Å². The van der Waals surface area contributed by atoms with Crippen LogP contribution in [0.15, 0.2) is 63.3 Å². The maximum Gasteiger partial charge on any atom is 0.406 e. The zero-order chi connectivity index (χ0) is 32.2. The van der Waals surface area contributed by atoms with E-state index in [4.69, 9.17) is 19.0 Å².